The fourth-order valence-electron chi connectivity index (χ4n) is 1.59. The zero-order valence-electron chi connectivity index (χ0n) is 10.9. The van der Waals surface area contributed by atoms with Crippen molar-refractivity contribution >= 4 is 29.0 Å². The predicted octanol–water partition coefficient (Wildman–Crippen LogP) is 2.15. The Kier molecular flexibility index (Phi) is 5.58. The predicted molar refractivity (Wildman–Crippen MR) is 76.8 cm³/mol. The third-order valence-corrected chi connectivity index (χ3v) is 2.42. The van der Waals surface area contributed by atoms with Gasteiger partial charge in [-0.1, -0.05) is 6.07 Å². The van der Waals surface area contributed by atoms with E-state index in [4.69, 9.17) is 17.0 Å². The highest BCUT2D eigenvalue weighted by atomic mass is 32.1. The van der Waals surface area contributed by atoms with Gasteiger partial charge < -0.3 is 15.4 Å². The lowest BCUT2D eigenvalue weighted by molar-refractivity contribution is -0.141. The number of aryl methyl sites for hydroxylation is 2. The molecular weight excluding hydrogens is 248 g/mol. The van der Waals surface area contributed by atoms with Gasteiger partial charge in [0.05, 0.1) is 6.61 Å². The Hall–Kier alpha value is -1.62. The summed E-state index contributed by atoms with van der Waals surface area (Å²) in [6.07, 6.45) is 0. The van der Waals surface area contributed by atoms with E-state index in [1.807, 2.05) is 26.0 Å². The molecule has 0 saturated heterocycles. The molecule has 2 N–H and O–H groups in total. The first-order valence-corrected chi connectivity index (χ1v) is 6.21. The largest absolute Gasteiger partial charge is 0.465 e. The number of carbonyl (C=O) groups is 1. The summed E-state index contributed by atoms with van der Waals surface area (Å²) < 4.78 is 4.79. The van der Waals surface area contributed by atoms with Gasteiger partial charge in [0.25, 0.3) is 0 Å². The number of ether oxygens (including phenoxy) is 1. The number of hydrogen-bond donors (Lipinski definition) is 2. The van der Waals surface area contributed by atoms with Gasteiger partial charge in [-0.3, -0.25) is 4.79 Å². The van der Waals surface area contributed by atoms with E-state index in [0.29, 0.717) is 11.7 Å². The molecule has 0 aromatic heterocycles. The molecule has 1 rings (SSSR count). The molecule has 0 aliphatic carbocycles. The summed E-state index contributed by atoms with van der Waals surface area (Å²) in [6, 6.07) is 6.07. The number of carbonyl (C=O) groups excluding carboxylic acids is 1. The Balaban J connectivity index is 2.47. The summed E-state index contributed by atoms with van der Waals surface area (Å²) in [4.78, 5) is 11.1. The number of rotatable bonds is 4. The van der Waals surface area contributed by atoms with Crippen molar-refractivity contribution < 1.29 is 9.53 Å². The van der Waals surface area contributed by atoms with E-state index in [1.165, 1.54) is 0 Å². The first kappa shape index (κ1) is 14.4. The Labute approximate surface area is 113 Å². The van der Waals surface area contributed by atoms with Crippen LogP contribution in [-0.2, 0) is 9.53 Å². The van der Waals surface area contributed by atoms with Crippen molar-refractivity contribution in [2.24, 2.45) is 0 Å². The third kappa shape index (κ3) is 5.14. The lowest BCUT2D eigenvalue weighted by atomic mass is 10.1. The SMILES string of the molecule is CCOC(=O)CNC(=S)Nc1cc(C)cc(C)c1. The Bertz CT molecular complexity index is 426. The fraction of sp³-hybridized carbons (Fsp3) is 0.385. The van der Waals surface area contributed by atoms with Crippen LogP contribution in [0.2, 0.25) is 0 Å². The molecule has 98 valence electrons. The molecule has 0 amide bonds. The van der Waals surface area contributed by atoms with Crippen LogP contribution in [0, 0.1) is 13.8 Å². The van der Waals surface area contributed by atoms with Crippen molar-refractivity contribution in [3.05, 3.63) is 29.3 Å². The first-order chi connectivity index (χ1) is 8.51. The lowest BCUT2D eigenvalue weighted by Gasteiger charge is -2.11. The number of anilines is 1. The number of thiocarbonyl (C=S) groups is 1. The molecular formula is C13H18N2O2S. The van der Waals surface area contributed by atoms with Crippen LogP contribution < -0.4 is 10.6 Å². The molecule has 1 aromatic carbocycles. The zero-order chi connectivity index (χ0) is 13.5. The maximum atomic E-state index is 11.1. The first-order valence-electron chi connectivity index (χ1n) is 5.80. The van der Waals surface area contributed by atoms with Crippen molar-refractivity contribution in [3.8, 4) is 0 Å². The molecule has 0 unspecified atom stereocenters. The van der Waals surface area contributed by atoms with Gasteiger partial charge in [-0.15, -0.1) is 0 Å². The Morgan fingerprint density at radius 2 is 1.89 bits per heavy atom. The van der Waals surface area contributed by atoms with Crippen molar-refractivity contribution in [3.63, 3.8) is 0 Å². The summed E-state index contributed by atoms with van der Waals surface area (Å²) in [5.41, 5.74) is 3.23. The molecule has 0 radical (unpaired) electrons. The van der Waals surface area contributed by atoms with Gasteiger partial charge in [0, 0.05) is 5.69 Å². The summed E-state index contributed by atoms with van der Waals surface area (Å²) in [6.45, 7) is 6.26. The quantitative estimate of drug-likeness (QED) is 0.646. The van der Waals surface area contributed by atoms with Crippen LogP contribution in [0.25, 0.3) is 0 Å². The molecule has 0 fully saturated rings. The van der Waals surface area contributed by atoms with Crippen molar-refractivity contribution in [1.29, 1.82) is 0 Å². The number of nitrogens with one attached hydrogen (secondary N) is 2. The van der Waals surface area contributed by atoms with E-state index < -0.39 is 0 Å². The van der Waals surface area contributed by atoms with Crippen LogP contribution in [0.5, 0.6) is 0 Å². The van der Waals surface area contributed by atoms with E-state index in [9.17, 15) is 4.79 Å². The summed E-state index contributed by atoms with van der Waals surface area (Å²) in [5.74, 6) is -0.318. The summed E-state index contributed by atoms with van der Waals surface area (Å²) in [7, 11) is 0. The molecule has 0 atom stereocenters. The zero-order valence-corrected chi connectivity index (χ0v) is 11.7. The smallest absolute Gasteiger partial charge is 0.325 e. The lowest BCUT2D eigenvalue weighted by Crippen LogP contribution is -2.33. The highest BCUT2D eigenvalue weighted by molar-refractivity contribution is 7.80. The Morgan fingerprint density at radius 1 is 1.28 bits per heavy atom. The van der Waals surface area contributed by atoms with Gasteiger partial charge in [-0.2, -0.15) is 0 Å². The molecule has 4 nitrogen and oxygen atoms in total. The number of benzene rings is 1. The number of hydrogen-bond acceptors (Lipinski definition) is 3. The minimum atomic E-state index is -0.318. The van der Waals surface area contributed by atoms with Crippen LogP contribution in [0.4, 0.5) is 5.69 Å². The van der Waals surface area contributed by atoms with Crippen LogP contribution >= 0.6 is 12.2 Å². The van der Waals surface area contributed by atoms with E-state index in [-0.39, 0.29) is 12.5 Å². The van der Waals surface area contributed by atoms with E-state index >= 15 is 0 Å². The molecule has 0 saturated carbocycles. The molecule has 18 heavy (non-hydrogen) atoms. The van der Waals surface area contributed by atoms with Gasteiger partial charge in [-0.05, 0) is 56.2 Å². The second-order valence-corrected chi connectivity index (χ2v) is 4.40. The number of esters is 1. The maximum absolute atomic E-state index is 11.1. The summed E-state index contributed by atoms with van der Waals surface area (Å²) in [5, 5.41) is 6.24. The second-order valence-electron chi connectivity index (χ2n) is 3.99. The third-order valence-electron chi connectivity index (χ3n) is 2.18. The topological polar surface area (TPSA) is 50.4 Å². The van der Waals surface area contributed by atoms with Gasteiger partial charge in [-0.25, -0.2) is 0 Å². The van der Waals surface area contributed by atoms with Crippen molar-refractivity contribution in [1.82, 2.24) is 5.32 Å². The van der Waals surface area contributed by atoms with E-state index in [2.05, 4.69) is 16.7 Å². The van der Waals surface area contributed by atoms with Crippen LogP contribution in [0.1, 0.15) is 18.1 Å². The van der Waals surface area contributed by atoms with E-state index in [0.717, 1.165) is 16.8 Å². The summed E-state index contributed by atoms with van der Waals surface area (Å²) >= 11 is 5.10. The van der Waals surface area contributed by atoms with Crippen molar-refractivity contribution in [2.45, 2.75) is 20.8 Å². The Morgan fingerprint density at radius 3 is 2.44 bits per heavy atom. The molecule has 0 bridgehead atoms. The van der Waals surface area contributed by atoms with Gasteiger partial charge >= 0.3 is 5.97 Å². The molecule has 5 heteroatoms. The minimum Gasteiger partial charge on any atom is -0.465 e. The average Bonchev–Trinajstić information content (AvgIpc) is 2.25. The standard InChI is InChI=1S/C13H18N2O2S/c1-4-17-12(16)8-14-13(18)15-11-6-9(2)5-10(3)7-11/h5-7H,4,8H2,1-3H3,(H2,14,15,18). The monoisotopic (exact) mass is 266 g/mol. The normalized spacial score (nSPS) is 9.72. The van der Waals surface area contributed by atoms with Crippen LogP contribution in [-0.4, -0.2) is 24.2 Å². The fourth-order valence-corrected chi connectivity index (χ4v) is 1.78. The highest BCUT2D eigenvalue weighted by Gasteiger charge is 2.03. The highest BCUT2D eigenvalue weighted by Crippen LogP contribution is 2.13. The maximum Gasteiger partial charge on any atom is 0.325 e. The van der Waals surface area contributed by atoms with Crippen LogP contribution in [0.15, 0.2) is 18.2 Å². The molecule has 0 spiro atoms. The van der Waals surface area contributed by atoms with Gasteiger partial charge in [0.1, 0.15) is 6.54 Å². The molecule has 0 aliphatic heterocycles. The van der Waals surface area contributed by atoms with Gasteiger partial charge in [0.2, 0.25) is 0 Å². The van der Waals surface area contributed by atoms with E-state index in [1.54, 1.807) is 6.92 Å². The van der Waals surface area contributed by atoms with Crippen LogP contribution in [0.3, 0.4) is 0 Å². The minimum absolute atomic E-state index is 0.0739. The molecule has 0 aliphatic rings. The van der Waals surface area contributed by atoms with Crippen molar-refractivity contribution in [2.75, 3.05) is 18.5 Å². The molecule has 0 heterocycles. The average molecular weight is 266 g/mol. The molecule has 1 aromatic rings. The van der Waals surface area contributed by atoms with Gasteiger partial charge in [0.15, 0.2) is 5.11 Å². The second kappa shape index (κ2) is 6.96.